The van der Waals surface area contributed by atoms with Crippen molar-refractivity contribution < 1.29 is 0 Å². The van der Waals surface area contributed by atoms with Crippen LogP contribution in [0.5, 0.6) is 0 Å². The molecule has 0 heterocycles. The van der Waals surface area contributed by atoms with Crippen LogP contribution >= 0.6 is 0 Å². The number of nitrogens with one attached hydrogen (secondary N) is 1. The molecule has 0 saturated heterocycles. The topological polar surface area (TPSA) is 15.3 Å². The zero-order valence-corrected chi connectivity index (χ0v) is 13.6. The predicted molar refractivity (Wildman–Crippen MR) is 89.2 cm³/mol. The molecular weight excluding hydrogens is 244 g/mol. The molecule has 1 aromatic rings. The largest absolute Gasteiger partial charge is 0.317 e. The zero-order valence-electron chi connectivity index (χ0n) is 13.6. The molecule has 0 unspecified atom stereocenters. The highest BCUT2D eigenvalue weighted by Crippen LogP contribution is 2.03. The molecule has 0 aliphatic carbocycles. The van der Waals surface area contributed by atoms with Gasteiger partial charge in [-0.3, -0.25) is 0 Å². The van der Waals surface area contributed by atoms with Crippen molar-refractivity contribution in [3.05, 3.63) is 35.9 Å². The van der Waals surface area contributed by atoms with E-state index in [0.717, 1.165) is 13.1 Å². The summed E-state index contributed by atoms with van der Waals surface area (Å²) in [5, 5.41) is 3.56. The molecule has 0 spiro atoms. The molecular formula is C18H32N2. The van der Waals surface area contributed by atoms with E-state index >= 15 is 0 Å². The number of aryl methyl sites for hydroxylation is 1. The molecule has 1 aromatic carbocycles. The summed E-state index contributed by atoms with van der Waals surface area (Å²) in [6.45, 7) is 8.05. The van der Waals surface area contributed by atoms with Crippen molar-refractivity contribution in [1.29, 1.82) is 0 Å². The van der Waals surface area contributed by atoms with Crippen LogP contribution in [0.4, 0.5) is 0 Å². The van der Waals surface area contributed by atoms with Gasteiger partial charge in [0.2, 0.25) is 0 Å². The third kappa shape index (κ3) is 8.34. The monoisotopic (exact) mass is 276 g/mol. The lowest BCUT2D eigenvalue weighted by Crippen LogP contribution is -2.28. The first-order chi connectivity index (χ1) is 9.70. The fourth-order valence-corrected chi connectivity index (χ4v) is 2.22. The van der Waals surface area contributed by atoms with Crippen LogP contribution in [-0.2, 0) is 6.42 Å². The van der Waals surface area contributed by atoms with E-state index in [1.165, 1.54) is 44.2 Å². The van der Waals surface area contributed by atoms with Gasteiger partial charge >= 0.3 is 0 Å². The molecule has 0 amide bonds. The van der Waals surface area contributed by atoms with Gasteiger partial charge in [0.15, 0.2) is 0 Å². The van der Waals surface area contributed by atoms with E-state index in [1.807, 2.05) is 0 Å². The number of nitrogens with zero attached hydrogens (tertiary/aromatic N) is 1. The summed E-state index contributed by atoms with van der Waals surface area (Å²) in [4.78, 5) is 2.42. The van der Waals surface area contributed by atoms with Crippen LogP contribution in [0.25, 0.3) is 0 Å². The van der Waals surface area contributed by atoms with Crippen molar-refractivity contribution in [2.24, 2.45) is 0 Å². The predicted octanol–water partition coefficient (Wildman–Crippen LogP) is 3.72. The highest BCUT2D eigenvalue weighted by atomic mass is 15.1. The second-order valence-corrected chi connectivity index (χ2v) is 5.97. The van der Waals surface area contributed by atoms with Gasteiger partial charge in [0.25, 0.3) is 0 Å². The van der Waals surface area contributed by atoms with Crippen LogP contribution in [-0.4, -0.2) is 37.6 Å². The Hall–Kier alpha value is -0.860. The van der Waals surface area contributed by atoms with Crippen LogP contribution in [0.2, 0.25) is 0 Å². The van der Waals surface area contributed by atoms with Crippen molar-refractivity contribution in [2.45, 2.75) is 52.0 Å². The van der Waals surface area contributed by atoms with E-state index in [0.29, 0.717) is 6.04 Å². The molecule has 0 atom stereocenters. The Morgan fingerprint density at radius 1 is 0.950 bits per heavy atom. The average Bonchev–Trinajstić information content (AvgIpc) is 2.46. The standard InChI is InChI=1S/C18H32N2/c1-17(2)20(3)16-10-9-15-19-14-8-7-13-18-11-5-4-6-12-18/h4-6,11-12,17,19H,7-10,13-16H2,1-3H3. The van der Waals surface area contributed by atoms with Crippen molar-refractivity contribution >= 4 is 0 Å². The minimum absolute atomic E-state index is 0.668. The van der Waals surface area contributed by atoms with Gasteiger partial charge in [-0.25, -0.2) is 0 Å². The summed E-state index contributed by atoms with van der Waals surface area (Å²) in [5.74, 6) is 0. The molecule has 2 heteroatoms. The van der Waals surface area contributed by atoms with Gasteiger partial charge in [-0.2, -0.15) is 0 Å². The van der Waals surface area contributed by atoms with E-state index in [4.69, 9.17) is 0 Å². The average molecular weight is 276 g/mol. The lowest BCUT2D eigenvalue weighted by Gasteiger charge is -2.20. The lowest BCUT2D eigenvalue weighted by molar-refractivity contribution is 0.268. The summed E-state index contributed by atoms with van der Waals surface area (Å²) in [6.07, 6.45) is 6.36. The lowest BCUT2D eigenvalue weighted by atomic mass is 10.1. The molecule has 2 nitrogen and oxygen atoms in total. The van der Waals surface area contributed by atoms with Crippen LogP contribution in [0.15, 0.2) is 30.3 Å². The molecule has 1 rings (SSSR count). The normalized spacial score (nSPS) is 11.4. The van der Waals surface area contributed by atoms with Crippen LogP contribution < -0.4 is 5.32 Å². The first-order valence-electron chi connectivity index (χ1n) is 8.15. The number of hydrogen-bond acceptors (Lipinski definition) is 2. The van der Waals surface area contributed by atoms with Crippen LogP contribution in [0.1, 0.15) is 45.1 Å². The van der Waals surface area contributed by atoms with Gasteiger partial charge in [-0.1, -0.05) is 30.3 Å². The van der Waals surface area contributed by atoms with E-state index < -0.39 is 0 Å². The molecule has 0 radical (unpaired) electrons. The van der Waals surface area contributed by atoms with Gasteiger partial charge in [0, 0.05) is 6.04 Å². The molecule has 20 heavy (non-hydrogen) atoms. The van der Waals surface area contributed by atoms with E-state index in [1.54, 1.807) is 0 Å². The van der Waals surface area contributed by atoms with Gasteiger partial charge in [0.05, 0.1) is 0 Å². The number of unbranched alkanes of at least 4 members (excludes halogenated alkanes) is 2. The Morgan fingerprint density at radius 3 is 2.25 bits per heavy atom. The molecule has 0 aromatic heterocycles. The van der Waals surface area contributed by atoms with Gasteiger partial charge < -0.3 is 10.2 Å². The second kappa shape index (κ2) is 10.9. The van der Waals surface area contributed by atoms with Gasteiger partial charge in [0.1, 0.15) is 0 Å². The van der Waals surface area contributed by atoms with E-state index in [-0.39, 0.29) is 0 Å². The Bertz CT molecular complexity index is 321. The zero-order chi connectivity index (χ0) is 14.6. The fraction of sp³-hybridized carbons (Fsp3) is 0.667. The van der Waals surface area contributed by atoms with Crippen molar-refractivity contribution in [3.8, 4) is 0 Å². The number of hydrogen-bond donors (Lipinski definition) is 1. The first kappa shape index (κ1) is 17.2. The summed E-state index contributed by atoms with van der Waals surface area (Å²) >= 11 is 0. The molecule has 114 valence electrons. The van der Waals surface area contributed by atoms with E-state index in [2.05, 4.69) is 61.4 Å². The Morgan fingerprint density at radius 2 is 1.60 bits per heavy atom. The molecule has 0 aliphatic rings. The molecule has 0 saturated carbocycles. The molecule has 0 fully saturated rings. The maximum Gasteiger partial charge on any atom is 0.00355 e. The van der Waals surface area contributed by atoms with Crippen LogP contribution in [0, 0.1) is 0 Å². The highest BCUT2D eigenvalue weighted by molar-refractivity contribution is 5.14. The quantitative estimate of drug-likeness (QED) is 0.620. The summed E-state index contributed by atoms with van der Waals surface area (Å²) in [7, 11) is 2.21. The van der Waals surface area contributed by atoms with Gasteiger partial charge in [-0.05, 0) is 78.2 Å². The Labute approximate surface area is 125 Å². The minimum atomic E-state index is 0.668. The summed E-state index contributed by atoms with van der Waals surface area (Å²) in [6, 6.07) is 11.4. The van der Waals surface area contributed by atoms with Gasteiger partial charge in [-0.15, -0.1) is 0 Å². The van der Waals surface area contributed by atoms with E-state index in [9.17, 15) is 0 Å². The minimum Gasteiger partial charge on any atom is -0.317 e. The molecule has 0 aliphatic heterocycles. The molecule has 1 N–H and O–H groups in total. The smallest absolute Gasteiger partial charge is 0.00355 e. The first-order valence-corrected chi connectivity index (χ1v) is 8.15. The van der Waals surface area contributed by atoms with Crippen molar-refractivity contribution in [2.75, 3.05) is 26.7 Å². The van der Waals surface area contributed by atoms with Crippen molar-refractivity contribution in [1.82, 2.24) is 10.2 Å². The highest BCUT2D eigenvalue weighted by Gasteiger charge is 2.01. The van der Waals surface area contributed by atoms with Crippen molar-refractivity contribution in [3.63, 3.8) is 0 Å². The number of rotatable bonds is 11. The molecule has 0 bridgehead atoms. The maximum atomic E-state index is 3.56. The summed E-state index contributed by atoms with van der Waals surface area (Å²) < 4.78 is 0. The second-order valence-electron chi connectivity index (χ2n) is 5.97. The summed E-state index contributed by atoms with van der Waals surface area (Å²) in [5.41, 5.74) is 1.46. The SMILES string of the molecule is CC(C)N(C)CCCCNCCCCc1ccccc1. The third-order valence-electron chi connectivity index (χ3n) is 3.91. The fourth-order valence-electron chi connectivity index (χ4n) is 2.22. The Balaban J connectivity index is 1.86. The number of benzene rings is 1. The third-order valence-corrected chi connectivity index (χ3v) is 3.91. The van der Waals surface area contributed by atoms with Crippen LogP contribution in [0.3, 0.4) is 0 Å². The maximum absolute atomic E-state index is 3.56. The Kier molecular flexibility index (Phi) is 9.35.